The van der Waals surface area contributed by atoms with Crippen molar-refractivity contribution in [3.05, 3.63) is 0 Å². The second-order valence-electron chi connectivity index (χ2n) is 7.74. The number of hydrogen-bond acceptors (Lipinski definition) is 4. The lowest BCUT2D eigenvalue weighted by Crippen LogP contribution is -2.54. The van der Waals surface area contributed by atoms with Crippen molar-refractivity contribution in [1.29, 1.82) is 0 Å². The van der Waals surface area contributed by atoms with Crippen molar-refractivity contribution >= 4 is 5.97 Å². The van der Waals surface area contributed by atoms with Gasteiger partial charge in [0.05, 0.1) is 6.61 Å². The van der Waals surface area contributed by atoms with Crippen LogP contribution in [0, 0.1) is 5.41 Å². The third-order valence-electron chi connectivity index (χ3n) is 4.70. The van der Waals surface area contributed by atoms with Crippen LogP contribution in [-0.2, 0) is 9.53 Å². The average Bonchev–Trinajstić information content (AvgIpc) is 3.18. The Morgan fingerprint density at radius 1 is 1.33 bits per heavy atom. The fourth-order valence-corrected chi connectivity index (χ4v) is 2.46. The van der Waals surface area contributed by atoms with E-state index in [1.165, 1.54) is 12.8 Å². The average molecular weight is 298 g/mol. The normalized spacial score (nSPS) is 20.2. The first-order chi connectivity index (χ1) is 9.60. The quantitative estimate of drug-likeness (QED) is 0.700. The molecule has 0 aliphatic heterocycles. The smallest absolute Gasteiger partial charge is 0.326 e. The van der Waals surface area contributed by atoms with Gasteiger partial charge in [0.25, 0.3) is 0 Å². The molecule has 0 aromatic carbocycles. The summed E-state index contributed by atoms with van der Waals surface area (Å²) in [4.78, 5) is 14.6. The number of ether oxygens (including phenoxy) is 1. The van der Waals surface area contributed by atoms with Crippen molar-refractivity contribution in [2.45, 2.75) is 78.4 Å². The molecule has 0 radical (unpaired) electrons. The monoisotopic (exact) mass is 298 g/mol. The third-order valence-corrected chi connectivity index (χ3v) is 4.70. The summed E-state index contributed by atoms with van der Waals surface area (Å²) in [6.07, 6.45) is 3.12. The van der Waals surface area contributed by atoms with E-state index in [-0.39, 0.29) is 11.4 Å². The Kier molecular flexibility index (Phi) is 6.23. The molecule has 1 fully saturated rings. The Morgan fingerprint density at radius 2 is 1.90 bits per heavy atom. The molecule has 1 rings (SSSR count). The highest BCUT2D eigenvalue weighted by molar-refractivity contribution is 5.80. The van der Waals surface area contributed by atoms with Crippen LogP contribution in [0.15, 0.2) is 0 Å². The molecule has 1 N–H and O–H groups in total. The maximum Gasteiger partial charge on any atom is 0.326 e. The standard InChI is InChI=1S/C17H34N2O2/c1-8-21-15(20)17(6,18-14-9-10-14)11-12-19(7)13(2)16(3,4)5/h13-14,18H,8-12H2,1-7H3. The van der Waals surface area contributed by atoms with Crippen LogP contribution < -0.4 is 5.32 Å². The van der Waals surface area contributed by atoms with Crippen LogP contribution in [0.2, 0.25) is 0 Å². The first-order valence-corrected chi connectivity index (χ1v) is 8.25. The minimum atomic E-state index is -0.566. The van der Waals surface area contributed by atoms with Crippen LogP contribution in [0.5, 0.6) is 0 Å². The van der Waals surface area contributed by atoms with Gasteiger partial charge >= 0.3 is 5.97 Å². The molecule has 0 spiro atoms. The van der Waals surface area contributed by atoms with Crippen LogP contribution in [0.4, 0.5) is 0 Å². The first kappa shape index (κ1) is 18.4. The predicted molar refractivity (Wildman–Crippen MR) is 87.4 cm³/mol. The SMILES string of the molecule is CCOC(=O)C(C)(CCN(C)C(C)C(C)(C)C)NC1CC1. The molecule has 4 heteroatoms. The Hall–Kier alpha value is -0.610. The summed E-state index contributed by atoms with van der Waals surface area (Å²) >= 11 is 0. The molecule has 0 saturated heterocycles. The van der Waals surface area contributed by atoms with Gasteiger partial charge in [-0.15, -0.1) is 0 Å². The molecule has 21 heavy (non-hydrogen) atoms. The largest absolute Gasteiger partial charge is 0.465 e. The molecule has 1 saturated carbocycles. The number of nitrogens with zero attached hydrogens (tertiary/aromatic N) is 1. The lowest BCUT2D eigenvalue weighted by molar-refractivity contribution is -0.151. The Balaban J connectivity index is 2.62. The van der Waals surface area contributed by atoms with Crippen molar-refractivity contribution < 1.29 is 9.53 Å². The van der Waals surface area contributed by atoms with Crippen molar-refractivity contribution in [3.63, 3.8) is 0 Å². The van der Waals surface area contributed by atoms with E-state index in [1.807, 2.05) is 13.8 Å². The highest BCUT2D eigenvalue weighted by Crippen LogP contribution is 2.27. The van der Waals surface area contributed by atoms with Crippen molar-refractivity contribution in [3.8, 4) is 0 Å². The van der Waals surface area contributed by atoms with E-state index >= 15 is 0 Å². The predicted octanol–water partition coefficient (Wildman–Crippen LogP) is 2.82. The van der Waals surface area contributed by atoms with Crippen molar-refractivity contribution in [1.82, 2.24) is 10.2 Å². The molecule has 1 aliphatic rings. The van der Waals surface area contributed by atoms with E-state index in [1.54, 1.807) is 0 Å². The number of esters is 1. The minimum absolute atomic E-state index is 0.117. The summed E-state index contributed by atoms with van der Waals surface area (Å²) in [5, 5.41) is 3.48. The van der Waals surface area contributed by atoms with Gasteiger partial charge in [-0.1, -0.05) is 20.8 Å². The van der Waals surface area contributed by atoms with Crippen LogP contribution in [0.25, 0.3) is 0 Å². The van der Waals surface area contributed by atoms with Crippen molar-refractivity contribution in [2.24, 2.45) is 5.41 Å². The van der Waals surface area contributed by atoms with Gasteiger partial charge in [0.15, 0.2) is 0 Å². The summed E-state index contributed by atoms with van der Waals surface area (Å²) in [5.41, 5.74) is -0.331. The van der Waals surface area contributed by atoms with Crippen LogP contribution in [0.3, 0.4) is 0 Å². The van der Waals surface area contributed by atoms with Gasteiger partial charge in [0.2, 0.25) is 0 Å². The zero-order chi connectivity index (χ0) is 16.3. The highest BCUT2D eigenvalue weighted by Gasteiger charge is 2.40. The molecule has 2 unspecified atom stereocenters. The fourth-order valence-electron chi connectivity index (χ4n) is 2.46. The number of carbonyl (C=O) groups excluding carboxylic acids is 1. The number of carbonyl (C=O) groups is 1. The van der Waals surface area contributed by atoms with E-state index in [0.29, 0.717) is 18.7 Å². The summed E-state index contributed by atoms with van der Waals surface area (Å²) in [7, 11) is 2.14. The van der Waals surface area contributed by atoms with Gasteiger partial charge in [0.1, 0.15) is 5.54 Å². The number of hydrogen-bond donors (Lipinski definition) is 1. The first-order valence-electron chi connectivity index (χ1n) is 8.25. The summed E-state index contributed by atoms with van der Waals surface area (Å²) in [5.74, 6) is -0.117. The van der Waals surface area contributed by atoms with Gasteiger partial charge in [0, 0.05) is 18.6 Å². The molecule has 4 nitrogen and oxygen atoms in total. The fraction of sp³-hybridized carbons (Fsp3) is 0.941. The molecule has 0 aromatic rings. The van der Waals surface area contributed by atoms with Crippen LogP contribution in [-0.4, -0.2) is 48.7 Å². The van der Waals surface area contributed by atoms with E-state index < -0.39 is 5.54 Å². The Labute approximate surface area is 130 Å². The van der Waals surface area contributed by atoms with Gasteiger partial charge in [-0.2, -0.15) is 0 Å². The van der Waals surface area contributed by atoms with Gasteiger partial charge in [-0.25, -0.2) is 0 Å². The second-order valence-corrected chi connectivity index (χ2v) is 7.74. The number of nitrogens with one attached hydrogen (secondary N) is 1. The summed E-state index contributed by atoms with van der Waals surface area (Å²) in [6.45, 7) is 14.2. The third kappa shape index (κ3) is 5.59. The van der Waals surface area contributed by atoms with E-state index in [2.05, 4.69) is 45.0 Å². The highest BCUT2D eigenvalue weighted by atomic mass is 16.5. The maximum atomic E-state index is 12.3. The molecule has 2 atom stereocenters. The number of rotatable bonds is 8. The summed E-state index contributed by atoms with van der Waals surface area (Å²) in [6, 6.07) is 0.953. The molecule has 1 aliphatic carbocycles. The van der Waals surface area contributed by atoms with Gasteiger partial charge < -0.3 is 9.64 Å². The molecule has 124 valence electrons. The Morgan fingerprint density at radius 3 is 2.33 bits per heavy atom. The van der Waals surface area contributed by atoms with E-state index in [4.69, 9.17) is 4.74 Å². The molecule has 0 aromatic heterocycles. The van der Waals surface area contributed by atoms with Crippen LogP contribution in [0.1, 0.15) is 60.8 Å². The second kappa shape index (κ2) is 7.10. The van der Waals surface area contributed by atoms with Gasteiger partial charge in [-0.05, 0) is 52.5 Å². The topological polar surface area (TPSA) is 41.6 Å². The van der Waals surface area contributed by atoms with Crippen LogP contribution >= 0.6 is 0 Å². The molecule has 0 bridgehead atoms. The minimum Gasteiger partial charge on any atom is -0.465 e. The Bertz CT molecular complexity index is 347. The maximum absolute atomic E-state index is 12.3. The lowest BCUT2D eigenvalue weighted by atomic mass is 9.86. The van der Waals surface area contributed by atoms with E-state index in [0.717, 1.165) is 13.0 Å². The molecule has 0 amide bonds. The summed E-state index contributed by atoms with van der Waals surface area (Å²) < 4.78 is 5.28. The zero-order valence-electron chi connectivity index (χ0n) is 15.0. The molecular weight excluding hydrogens is 264 g/mol. The van der Waals surface area contributed by atoms with Gasteiger partial charge in [-0.3, -0.25) is 10.1 Å². The van der Waals surface area contributed by atoms with Crippen molar-refractivity contribution in [2.75, 3.05) is 20.2 Å². The van der Waals surface area contributed by atoms with E-state index in [9.17, 15) is 4.79 Å². The zero-order valence-corrected chi connectivity index (χ0v) is 15.0. The molecular formula is C17H34N2O2. The lowest BCUT2D eigenvalue weighted by Gasteiger charge is -2.37. The molecule has 0 heterocycles.